The maximum absolute atomic E-state index is 12.3. The second-order valence-electron chi connectivity index (χ2n) is 3.24. The van der Waals surface area contributed by atoms with Crippen LogP contribution in [0.2, 0.25) is 0 Å². The molecule has 0 radical (unpaired) electrons. The molecule has 80 valence electrons. The molecule has 0 aromatic rings. The Labute approximate surface area is 83.4 Å². The van der Waals surface area contributed by atoms with E-state index in [-0.39, 0.29) is 0 Å². The van der Waals surface area contributed by atoms with Gasteiger partial charge in [0, 0.05) is 0 Å². The molecule has 2 atom stereocenters. The van der Waals surface area contributed by atoms with Crippen LogP contribution in [-0.4, -0.2) is 29.9 Å². The number of amides is 1. The number of carbonyl (C=O) groups excluding carboxylic acids is 1. The predicted molar refractivity (Wildman–Crippen MR) is 47.5 cm³/mol. The molecule has 3 nitrogen and oxygen atoms in total. The Morgan fingerprint density at radius 3 is 2.60 bits per heavy atom. The van der Waals surface area contributed by atoms with Crippen molar-refractivity contribution in [2.24, 2.45) is 4.99 Å². The number of fused-ring (bicyclic) bond motifs is 1. The van der Waals surface area contributed by atoms with Crippen molar-refractivity contribution in [3.63, 3.8) is 0 Å². The normalized spacial score (nSPS) is 29.5. The molecule has 6 heteroatoms. The fourth-order valence-electron chi connectivity index (χ4n) is 1.48. The average molecular weight is 216 g/mol. The topological polar surface area (TPSA) is 41.5 Å². The van der Waals surface area contributed by atoms with E-state index in [1.807, 2.05) is 0 Å². The molecule has 0 saturated carbocycles. The largest absolute Gasteiger partial charge is 0.438 e. The zero-order valence-corrected chi connectivity index (χ0v) is 7.45. The third-order valence-corrected chi connectivity index (χ3v) is 2.17. The highest BCUT2D eigenvalue weighted by Crippen LogP contribution is 2.23. The van der Waals surface area contributed by atoms with E-state index >= 15 is 0 Å². The molecule has 0 aromatic heterocycles. The van der Waals surface area contributed by atoms with Gasteiger partial charge in [-0.05, 0) is 0 Å². The van der Waals surface area contributed by atoms with E-state index in [9.17, 15) is 18.0 Å². The van der Waals surface area contributed by atoms with E-state index in [0.29, 0.717) is 0 Å². The van der Waals surface area contributed by atoms with Gasteiger partial charge in [-0.3, -0.25) is 9.79 Å². The number of allylic oxidation sites excluding steroid dienone is 2. The molecule has 0 bridgehead atoms. The lowest BCUT2D eigenvalue weighted by molar-refractivity contribution is -0.120. The summed E-state index contributed by atoms with van der Waals surface area (Å²) in [5, 5.41) is 2.25. The van der Waals surface area contributed by atoms with E-state index in [1.54, 1.807) is 18.2 Å². The van der Waals surface area contributed by atoms with E-state index in [2.05, 4.69) is 10.3 Å². The highest BCUT2D eigenvalue weighted by atomic mass is 19.4. The molecule has 1 heterocycles. The van der Waals surface area contributed by atoms with Crippen LogP contribution in [-0.2, 0) is 4.79 Å². The average Bonchev–Trinajstić information content (AvgIpc) is 2.15. The smallest absolute Gasteiger partial charge is 0.342 e. The van der Waals surface area contributed by atoms with E-state index < -0.39 is 29.9 Å². The number of rotatable bonds is 0. The molecule has 0 spiro atoms. The first-order chi connectivity index (χ1) is 6.98. The second-order valence-corrected chi connectivity index (χ2v) is 3.24. The van der Waals surface area contributed by atoms with Crippen LogP contribution in [0.1, 0.15) is 0 Å². The van der Waals surface area contributed by atoms with Crippen LogP contribution in [0.3, 0.4) is 0 Å². The van der Waals surface area contributed by atoms with Crippen molar-refractivity contribution in [1.82, 2.24) is 5.32 Å². The van der Waals surface area contributed by atoms with Gasteiger partial charge in [0.05, 0.1) is 12.1 Å². The lowest BCUT2D eigenvalue weighted by Crippen LogP contribution is -2.53. The molecule has 0 fully saturated rings. The Morgan fingerprint density at radius 1 is 1.27 bits per heavy atom. The number of alkyl halides is 3. The summed E-state index contributed by atoms with van der Waals surface area (Å²) >= 11 is 0. The molecule has 0 aromatic carbocycles. The summed E-state index contributed by atoms with van der Waals surface area (Å²) in [6.07, 6.45) is 1.71. The van der Waals surface area contributed by atoms with Crippen LogP contribution in [0.4, 0.5) is 13.2 Å². The Balaban J connectivity index is 2.34. The summed E-state index contributed by atoms with van der Waals surface area (Å²) in [5.41, 5.74) is -1.36. The fourth-order valence-corrected chi connectivity index (χ4v) is 1.48. The van der Waals surface area contributed by atoms with Gasteiger partial charge in [0.25, 0.3) is 5.91 Å². The van der Waals surface area contributed by atoms with Crippen molar-refractivity contribution >= 4 is 11.6 Å². The molecule has 1 aliphatic heterocycles. The van der Waals surface area contributed by atoms with E-state index in [0.717, 1.165) is 0 Å². The predicted octanol–water partition coefficient (Wildman–Crippen LogP) is 0.983. The summed E-state index contributed by atoms with van der Waals surface area (Å²) in [6, 6.07) is -1.11. The van der Waals surface area contributed by atoms with Crippen LogP contribution < -0.4 is 5.32 Å². The maximum Gasteiger partial charge on any atom is 0.438 e. The number of carbonyl (C=O) groups is 1. The van der Waals surface area contributed by atoms with Gasteiger partial charge in [-0.2, -0.15) is 13.2 Å². The molecule has 2 rings (SSSR count). The SMILES string of the molecule is O=C1NC2C=CC=CC2N=C1C(F)(F)F. The van der Waals surface area contributed by atoms with Crippen molar-refractivity contribution in [1.29, 1.82) is 0 Å². The van der Waals surface area contributed by atoms with Crippen LogP contribution in [0, 0.1) is 0 Å². The first-order valence-corrected chi connectivity index (χ1v) is 4.29. The minimum Gasteiger partial charge on any atom is -0.342 e. The van der Waals surface area contributed by atoms with Gasteiger partial charge < -0.3 is 5.32 Å². The summed E-state index contributed by atoms with van der Waals surface area (Å²) in [4.78, 5) is 14.5. The number of hydrogen-bond donors (Lipinski definition) is 1. The second kappa shape index (κ2) is 3.22. The van der Waals surface area contributed by atoms with Gasteiger partial charge in [0.2, 0.25) is 5.71 Å². The monoisotopic (exact) mass is 216 g/mol. The standard InChI is InChI=1S/C9H7F3N2O/c10-9(11,12)7-8(15)14-6-4-2-1-3-5(6)13-7/h1-6H,(H,14,15). The van der Waals surface area contributed by atoms with Crippen molar-refractivity contribution in [2.75, 3.05) is 0 Å². The fraction of sp³-hybridized carbons (Fsp3) is 0.333. The summed E-state index contributed by atoms with van der Waals surface area (Å²) in [6.45, 7) is 0. The van der Waals surface area contributed by atoms with Gasteiger partial charge in [-0.1, -0.05) is 24.3 Å². The molecule has 1 N–H and O–H groups in total. The Kier molecular flexibility index (Phi) is 2.13. The third kappa shape index (κ3) is 1.79. The quantitative estimate of drug-likeness (QED) is 0.644. The number of nitrogens with one attached hydrogen (secondary N) is 1. The lowest BCUT2D eigenvalue weighted by atomic mass is 10.0. The minimum atomic E-state index is -4.69. The molecule has 15 heavy (non-hydrogen) atoms. The first kappa shape index (κ1) is 9.95. The summed E-state index contributed by atoms with van der Waals surface area (Å²) in [5.74, 6) is -1.16. The van der Waals surface area contributed by atoms with Crippen LogP contribution in [0.5, 0.6) is 0 Å². The van der Waals surface area contributed by atoms with Crippen LogP contribution >= 0.6 is 0 Å². The van der Waals surface area contributed by atoms with E-state index in [1.165, 1.54) is 6.08 Å². The molecule has 2 aliphatic rings. The first-order valence-electron chi connectivity index (χ1n) is 4.29. The van der Waals surface area contributed by atoms with E-state index in [4.69, 9.17) is 0 Å². The Hall–Kier alpha value is -1.59. The van der Waals surface area contributed by atoms with Crippen molar-refractivity contribution in [2.45, 2.75) is 18.3 Å². The van der Waals surface area contributed by atoms with Gasteiger partial charge in [0.1, 0.15) is 0 Å². The third-order valence-electron chi connectivity index (χ3n) is 2.17. The number of hydrogen-bond acceptors (Lipinski definition) is 2. The van der Waals surface area contributed by atoms with Gasteiger partial charge in [0.15, 0.2) is 0 Å². The van der Waals surface area contributed by atoms with Gasteiger partial charge in [-0.15, -0.1) is 0 Å². The Morgan fingerprint density at radius 2 is 1.93 bits per heavy atom. The number of nitrogens with zero attached hydrogens (tertiary/aromatic N) is 1. The van der Waals surface area contributed by atoms with Crippen molar-refractivity contribution in [3.05, 3.63) is 24.3 Å². The molecule has 2 unspecified atom stereocenters. The molecule has 1 amide bonds. The minimum absolute atomic E-state index is 0.464. The van der Waals surface area contributed by atoms with Crippen LogP contribution in [0.25, 0.3) is 0 Å². The molecular weight excluding hydrogens is 209 g/mol. The number of aliphatic imine (C=N–C) groups is 1. The van der Waals surface area contributed by atoms with Crippen LogP contribution in [0.15, 0.2) is 29.3 Å². The molecule has 1 aliphatic carbocycles. The zero-order chi connectivity index (χ0) is 11.1. The molecular formula is C9H7F3N2O. The maximum atomic E-state index is 12.3. The highest BCUT2D eigenvalue weighted by molar-refractivity contribution is 6.41. The lowest BCUT2D eigenvalue weighted by Gasteiger charge is -2.28. The summed E-state index contributed by atoms with van der Waals surface area (Å²) < 4.78 is 37.0. The van der Waals surface area contributed by atoms with Gasteiger partial charge >= 0.3 is 6.18 Å². The van der Waals surface area contributed by atoms with Crippen molar-refractivity contribution < 1.29 is 18.0 Å². The summed E-state index contributed by atoms with van der Waals surface area (Å²) in [7, 11) is 0. The Bertz CT molecular complexity index is 381. The van der Waals surface area contributed by atoms with Crippen molar-refractivity contribution in [3.8, 4) is 0 Å². The zero-order valence-electron chi connectivity index (χ0n) is 7.45. The molecule has 0 saturated heterocycles. The van der Waals surface area contributed by atoms with Gasteiger partial charge in [-0.25, -0.2) is 0 Å². The highest BCUT2D eigenvalue weighted by Gasteiger charge is 2.44. The number of halogens is 3.